The quantitative estimate of drug-likeness (QED) is 0.428. The molecule has 1 aromatic heterocycles. The fraction of sp³-hybridized carbons (Fsp3) is 0.517. The van der Waals surface area contributed by atoms with Gasteiger partial charge in [-0.2, -0.15) is 0 Å². The summed E-state index contributed by atoms with van der Waals surface area (Å²) in [6.07, 6.45) is 2.65. The Balaban J connectivity index is 0.000000659. The van der Waals surface area contributed by atoms with Gasteiger partial charge in [0.05, 0.1) is 19.3 Å². The molecule has 0 bridgehead atoms. The zero-order chi connectivity index (χ0) is 28.1. The minimum Gasteiger partial charge on any atom is -0.497 e. The van der Waals surface area contributed by atoms with Crippen LogP contribution in [0.2, 0.25) is 0 Å². The third-order valence-corrected chi connectivity index (χ3v) is 6.48. The van der Waals surface area contributed by atoms with Gasteiger partial charge in [-0.3, -0.25) is 9.59 Å². The van der Waals surface area contributed by atoms with Crippen LogP contribution in [-0.4, -0.2) is 78.6 Å². The highest BCUT2D eigenvalue weighted by molar-refractivity contribution is 6.35. The van der Waals surface area contributed by atoms with Crippen molar-refractivity contribution in [1.29, 1.82) is 0 Å². The van der Waals surface area contributed by atoms with Gasteiger partial charge in [-0.15, -0.1) is 0 Å². The van der Waals surface area contributed by atoms with Gasteiger partial charge in [-0.1, -0.05) is 20.8 Å². The molecule has 8 heteroatoms. The van der Waals surface area contributed by atoms with Crippen LogP contribution in [0.1, 0.15) is 62.7 Å². The van der Waals surface area contributed by atoms with Crippen molar-refractivity contribution in [3.8, 4) is 5.75 Å². The lowest BCUT2D eigenvalue weighted by molar-refractivity contribution is -0.128. The number of nitrogens with one attached hydrogen (secondary N) is 2. The number of carbonyl (C=O) groups excluding carboxylic acids is 2. The summed E-state index contributed by atoms with van der Waals surface area (Å²) in [5.74, 6) is 0.675. The second kappa shape index (κ2) is 15.9. The summed E-state index contributed by atoms with van der Waals surface area (Å²) < 4.78 is 5.30. The largest absolute Gasteiger partial charge is 0.497 e. The third-order valence-electron chi connectivity index (χ3n) is 6.48. The molecular weight excluding hydrogens is 468 g/mol. The van der Waals surface area contributed by atoms with Gasteiger partial charge in [0.15, 0.2) is 0 Å². The van der Waals surface area contributed by atoms with Crippen LogP contribution in [0.15, 0.2) is 18.2 Å². The van der Waals surface area contributed by atoms with E-state index >= 15 is 0 Å². The fourth-order valence-corrected chi connectivity index (χ4v) is 3.87. The average molecular weight is 515 g/mol. The van der Waals surface area contributed by atoms with Crippen molar-refractivity contribution in [1.82, 2.24) is 14.8 Å². The number of likely N-dealkylation sites (N-methyl/N-ethyl adjacent to an activating group) is 2. The second-order valence-corrected chi connectivity index (χ2v) is 8.66. The fourth-order valence-electron chi connectivity index (χ4n) is 3.87. The molecular formula is C29H46N4O4. The number of ether oxygens (including phenoxy) is 1. The number of aromatic nitrogens is 1. The number of H-pyrrole nitrogens is 1. The number of anilines is 1. The summed E-state index contributed by atoms with van der Waals surface area (Å²) >= 11 is 0. The summed E-state index contributed by atoms with van der Waals surface area (Å²) in [6.45, 7) is 17.2. The molecule has 1 aliphatic rings. The first-order valence-corrected chi connectivity index (χ1v) is 13.1. The van der Waals surface area contributed by atoms with E-state index in [0.717, 1.165) is 53.3 Å². The Morgan fingerprint density at radius 3 is 2.30 bits per heavy atom. The lowest BCUT2D eigenvalue weighted by atomic mass is 10.0. The van der Waals surface area contributed by atoms with Gasteiger partial charge in [-0.05, 0) is 69.8 Å². The van der Waals surface area contributed by atoms with Crippen molar-refractivity contribution in [3.05, 3.63) is 46.3 Å². The van der Waals surface area contributed by atoms with E-state index in [0.29, 0.717) is 24.4 Å². The maximum absolute atomic E-state index is 12.5. The smallest absolute Gasteiger partial charge is 0.256 e. The molecule has 3 rings (SSSR count). The molecule has 1 aliphatic heterocycles. The first-order valence-electron chi connectivity index (χ1n) is 13.1. The summed E-state index contributed by atoms with van der Waals surface area (Å²) in [7, 11) is 3.59. The molecule has 3 N–H and O–H groups in total. The van der Waals surface area contributed by atoms with E-state index in [4.69, 9.17) is 9.84 Å². The predicted octanol–water partition coefficient (Wildman–Crippen LogP) is 4.50. The molecule has 0 unspecified atom stereocenters. The molecule has 0 radical (unpaired) electrons. The van der Waals surface area contributed by atoms with Crippen LogP contribution in [0.25, 0.3) is 11.6 Å². The number of hydrogen-bond donors (Lipinski definition) is 3. The number of amides is 2. The van der Waals surface area contributed by atoms with E-state index < -0.39 is 0 Å². The van der Waals surface area contributed by atoms with Crippen LogP contribution in [0.5, 0.6) is 5.75 Å². The Bertz CT molecular complexity index is 1060. The molecule has 8 nitrogen and oxygen atoms in total. The molecule has 2 amide bonds. The van der Waals surface area contributed by atoms with E-state index in [-0.39, 0.29) is 18.4 Å². The SMILES string of the molecule is CC.CCN(C)CCO.CCN(CCc1[nH]c(/C=C2\C(=O)Nc3ccc(OC)cc32)c(C)c1C)C(C)=O. The van der Waals surface area contributed by atoms with Crippen molar-refractivity contribution in [2.45, 2.75) is 54.9 Å². The minimum atomic E-state index is -0.120. The first kappa shape index (κ1) is 31.9. The van der Waals surface area contributed by atoms with Gasteiger partial charge in [0, 0.05) is 55.6 Å². The number of carbonyl (C=O) groups is 2. The summed E-state index contributed by atoms with van der Waals surface area (Å²) in [5, 5.41) is 11.2. The van der Waals surface area contributed by atoms with Crippen molar-refractivity contribution >= 4 is 29.2 Å². The Morgan fingerprint density at radius 1 is 1.11 bits per heavy atom. The average Bonchev–Trinajstić information content (AvgIpc) is 3.35. The van der Waals surface area contributed by atoms with E-state index in [1.54, 1.807) is 14.0 Å². The zero-order valence-corrected chi connectivity index (χ0v) is 24.1. The molecule has 206 valence electrons. The molecule has 2 aromatic rings. The molecule has 0 fully saturated rings. The highest BCUT2D eigenvalue weighted by Gasteiger charge is 2.25. The lowest BCUT2D eigenvalue weighted by Gasteiger charge is -2.18. The third kappa shape index (κ3) is 8.76. The maximum Gasteiger partial charge on any atom is 0.256 e. The topological polar surface area (TPSA) is 97.9 Å². The van der Waals surface area contributed by atoms with E-state index in [1.807, 2.05) is 63.9 Å². The zero-order valence-electron chi connectivity index (χ0n) is 24.1. The number of hydrogen-bond acceptors (Lipinski definition) is 5. The number of methoxy groups -OCH3 is 1. The van der Waals surface area contributed by atoms with Crippen LogP contribution in [0, 0.1) is 13.8 Å². The van der Waals surface area contributed by atoms with Crippen LogP contribution >= 0.6 is 0 Å². The number of aliphatic hydroxyl groups excluding tert-OH is 1. The molecule has 2 heterocycles. The van der Waals surface area contributed by atoms with Gasteiger partial charge in [-0.25, -0.2) is 0 Å². The van der Waals surface area contributed by atoms with E-state index in [9.17, 15) is 9.59 Å². The lowest BCUT2D eigenvalue weighted by Crippen LogP contribution is -2.30. The molecule has 0 atom stereocenters. The molecule has 1 aromatic carbocycles. The first-order chi connectivity index (χ1) is 17.7. The summed E-state index contributed by atoms with van der Waals surface area (Å²) in [6, 6.07) is 5.56. The monoisotopic (exact) mass is 514 g/mol. The highest BCUT2D eigenvalue weighted by Crippen LogP contribution is 2.36. The Hall–Kier alpha value is -3.10. The number of benzene rings is 1. The van der Waals surface area contributed by atoms with Gasteiger partial charge in [0.2, 0.25) is 5.91 Å². The second-order valence-electron chi connectivity index (χ2n) is 8.66. The Morgan fingerprint density at radius 2 is 1.78 bits per heavy atom. The van der Waals surface area contributed by atoms with Crippen LogP contribution in [0.3, 0.4) is 0 Å². The van der Waals surface area contributed by atoms with Gasteiger partial charge in [0.1, 0.15) is 5.75 Å². The van der Waals surface area contributed by atoms with Gasteiger partial charge < -0.3 is 29.9 Å². The predicted molar refractivity (Wildman–Crippen MR) is 153 cm³/mol. The normalized spacial score (nSPS) is 12.8. The van der Waals surface area contributed by atoms with Crippen LogP contribution in [0.4, 0.5) is 5.69 Å². The number of aromatic amines is 1. The number of rotatable bonds is 9. The minimum absolute atomic E-state index is 0.0824. The molecule has 0 spiro atoms. The Kier molecular flexibility index (Phi) is 13.7. The van der Waals surface area contributed by atoms with Crippen molar-refractivity contribution in [3.63, 3.8) is 0 Å². The van der Waals surface area contributed by atoms with E-state index in [2.05, 4.69) is 29.0 Å². The highest BCUT2D eigenvalue weighted by atomic mass is 16.5. The van der Waals surface area contributed by atoms with E-state index in [1.165, 1.54) is 0 Å². The maximum atomic E-state index is 12.5. The molecule has 0 saturated heterocycles. The number of nitrogens with zero attached hydrogens (tertiary/aromatic N) is 2. The van der Waals surface area contributed by atoms with Gasteiger partial charge >= 0.3 is 0 Å². The van der Waals surface area contributed by atoms with Crippen molar-refractivity contribution < 1.29 is 19.4 Å². The van der Waals surface area contributed by atoms with Crippen molar-refractivity contribution in [2.24, 2.45) is 0 Å². The van der Waals surface area contributed by atoms with Crippen LogP contribution < -0.4 is 10.1 Å². The molecule has 37 heavy (non-hydrogen) atoms. The summed E-state index contributed by atoms with van der Waals surface area (Å²) in [5.41, 5.74) is 6.52. The summed E-state index contributed by atoms with van der Waals surface area (Å²) in [4.78, 5) is 31.5. The molecule has 0 saturated carbocycles. The standard InChI is InChI=1S/C22H27N3O3.C5H13NO.C2H6/c1-6-25(15(4)26)10-9-19-13(2)14(3)21(23-19)12-18-17-11-16(28-5)7-8-20(17)24-22(18)27;1-3-6(2)4-5-7;1-2/h7-8,11-12,23H,6,9-10H2,1-5H3,(H,24,27);7H,3-5H2,1-2H3;1-2H3/b18-12-;;. The Labute approximate surface area is 222 Å². The number of fused-ring (bicyclic) bond motifs is 1. The molecule has 0 aliphatic carbocycles. The number of aliphatic hydroxyl groups is 1. The van der Waals surface area contributed by atoms with Crippen molar-refractivity contribution in [2.75, 3.05) is 52.3 Å². The van der Waals surface area contributed by atoms with Crippen LogP contribution in [-0.2, 0) is 16.0 Å². The van der Waals surface area contributed by atoms with Gasteiger partial charge in [0.25, 0.3) is 5.91 Å².